The number of ether oxygens (including phenoxy) is 1. The van der Waals surface area contributed by atoms with Gasteiger partial charge in [0.05, 0.1) is 23.0 Å². The Morgan fingerprint density at radius 3 is 2.74 bits per heavy atom. The van der Waals surface area contributed by atoms with Crippen molar-refractivity contribution in [3.8, 4) is 16.9 Å². The van der Waals surface area contributed by atoms with E-state index in [0.717, 1.165) is 62.6 Å². The highest BCUT2D eigenvalue weighted by atomic mass is 35.5. The summed E-state index contributed by atoms with van der Waals surface area (Å²) >= 11 is 6.27. The van der Waals surface area contributed by atoms with Gasteiger partial charge in [0.25, 0.3) is 6.02 Å². The van der Waals surface area contributed by atoms with Crippen LogP contribution >= 0.6 is 11.6 Å². The minimum atomic E-state index is -0.528. The van der Waals surface area contributed by atoms with E-state index in [2.05, 4.69) is 14.9 Å². The van der Waals surface area contributed by atoms with Crippen LogP contribution in [0.25, 0.3) is 28.0 Å². The van der Waals surface area contributed by atoms with Crippen LogP contribution in [0.4, 0.5) is 4.39 Å². The van der Waals surface area contributed by atoms with Crippen molar-refractivity contribution in [1.82, 2.24) is 19.4 Å². The van der Waals surface area contributed by atoms with E-state index in [9.17, 15) is 9.90 Å². The molecule has 12 heteroatoms. The van der Waals surface area contributed by atoms with E-state index in [-0.39, 0.29) is 35.8 Å². The van der Waals surface area contributed by atoms with E-state index < -0.39 is 11.5 Å². The molecule has 0 spiro atoms. The van der Waals surface area contributed by atoms with Crippen LogP contribution in [0.2, 0.25) is 5.02 Å². The number of halogens is 2. The Morgan fingerprint density at radius 2 is 2.02 bits per heavy atom. The van der Waals surface area contributed by atoms with E-state index in [4.69, 9.17) is 33.2 Å². The van der Waals surface area contributed by atoms with Crippen LogP contribution in [0.3, 0.4) is 0 Å². The molecule has 246 valence electrons. The molecule has 1 saturated heterocycles. The van der Waals surface area contributed by atoms with Gasteiger partial charge in [0.1, 0.15) is 5.65 Å². The second kappa shape index (κ2) is 15.2. The predicted octanol–water partition coefficient (Wildman–Crippen LogP) is 5.42. The second-order valence-electron chi connectivity index (χ2n) is 12.2. The van der Waals surface area contributed by atoms with Gasteiger partial charge in [-0.2, -0.15) is 4.98 Å². The van der Waals surface area contributed by atoms with E-state index in [1.54, 1.807) is 24.4 Å². The Balaban J connectivity index is 1.38. The number of fused-ring (bicyclic) bond motifs is 1. The van der Waals surface area contributed by atoms with Gasteiger partial charge in [-0.3, -0.25) is 14.9 Å². The number of piperidine rings is 1. The van der Waals surface area contributed by atoms with Crippen LogP contribution < -0.4 is 17.2 Å². The quantitative estimate of drug-likeness (QED) is 0.0953. The Hall–Kier alpha value is -3.77. The smallest absolute Gasteiger partial charge is 0.354 e. The first-order valence-corrected chi connectivity index (χ1v) is 16.3. The van der Waals surface area contributed by atoms with Gasteiger partial charge >= 0.3 is 5.69 Å². The number of nitrogens with zero attached hydrogens (tertiary/aromatic N) is 3. The van der Waals surface area contributed by atoms with Gasteiger partial charge in [-0.15, -0.1) is 0 Å². The van der Waals surface area contributed by atoms with Crippen molar-refractivity contribution in [2.24, 2.45) is 11.5 Å². The highest BCUT2D eigenvalue weighted by molar-refractivity contribution is 6.31. The molecular formula is C34H43ClFN7O3. The Bertz CT molecular complexity index is 1710. The molecule has 2 aromatic carbocycles. The molecule has 4 aromatic rings. The summed E-state index contributed by atoms with van der Waals surface area (Å²) in [4.78, 5) is 22.9. The van der Waals surface area contributed by atoms with Crippen LogP contribution in [0.1, 0.15) is 69.0 Å². The monoisotopic (exact) mass is 651 g/mol. The number of hydrogen-bond acceptors (Lipinski definition) is 7. The molecule has 0 bridgehead atoms. The van der Waals surface area contributed by atoms with Crippen molar-refractivity contribution in [2.45, 2.75) is 76.4 Å². The van der Waals surface area contributed by atoms with E-state index >= 15 is 4.39 Å². The molecule has 0 aliphatic carbocycles. The fourth-order valence-corrected chi connectivity index (χ4v) is 6.74. The largest absolute Gasteiger partial charge is 0.466 e. The summed E-state index contributed by atoms with van der Waals surface area (Å²) in [5.74, 6) is -0.528. The first-order valence-electron chi connectivity index (χ1n) is 15.9. The summed E-state index contributed by atoms with van der Waals surface area (Å²) < 4.78 is 21.9. The SMILES string of the molecule is C[C@H](N)CCCc1cc(Cl)c(F)c(-c2cc3cn(-c4ccc([C@@H]5CCC[C@@H](CCOC(=N)N)N5CCCO)cc4)c(=O)nc3[nH]2)c1. The van der Waals surface area contributed by atoms with Crippen molar-refractivity contribution < 1.29 is 14.2 Å². The third kappa shape index (κ3) is 7.95. The summed E-state index contributed by atoms with van der Waals surface area (Å²) in [5, 5.41) is 17.6. The third-order valence-corrected chi connectivity index (χ3v) is 9.01. The van der Waals surface area contributed by atoms with Crippen molar-refractivity contribution in [1.29, 1.82) is 5.41 Å². The minimum absolute atomic E-state index is 0.0446. The number of aliphatic hydroxyl groups excluding tert-OH is 1. The maximum Gasteiger partial charge on any atom is 0.354 e. The number of aliphatic hydroxyl groups is 1. The number of likely N-dealkylation sites (tertiary alicyclic amines) is 1. The Kier molecular flexibility index (Phi) is 11.1. The minimum Gasteiger partial charge on any atom is -0.466 e. The van der Waals surface area contributed by atoms with Crippen molar-refractivity contribution in [2.75, 3.05) is 19.8 Å². The fourth-order valence-electron chi connectivity index (χ4n) is 6.49. The van der Waals surface area contributed by atoms with Crippen molar-refractivity contribution >= 4 is 28.7 Å². The molecule has 0 amide bonds. The zero-order chi connectivity index (χ0) is 32.8. The molecule has 1 fully saturated rings. The first-order chi connectivity index (χ1) is 22.1. The molecule has 3 atom stereocenters. The van der Waals surface area contributed by atoms with Crippen LogP contribution in [-0.4, -0.2) is 62.4 Å². The Morgan fingerprint density at radius 1 is 1.24 bits per heavy atom. The lowest BCUT2D eigenvalue weighted by Gasteiger charge is -2.42. The van der Waals surface area contributed by atoms with E-state index in [1.165, 1.54) is 4.57 Å². The van der Waals surface area contributed by atoms with Crippen LogP contribution in [0.5, 0.6) is 0 Å². The summed E-state index contributed by atoms with van der Waals surface area (Å²) in [5.41, 5.74) is 14.7. The van der Waals surface area contributed by atoms with Gasteiger partial charge in [0.15, 0.2) is 5.82 Å². The molecule has 10 nitrogen and oxygen atoms in total. The predicted molar refractivity (Wildman–Crippen MR) is 180 cm³/mol. The molecule has 7 N–H and O–H groups in total. The first kappa shape index (κ1) is 33.6. The van der Waals surface area contributed by atoms with Gasteiger partial charge in [-0.25, -0.2) is 9.18 Å². The van der Waals surface area contributed by atoms with Crippen molar-refractivity contribution in [3.05, 3.63) is 81.1 Å². The highest BCUT2D eigenvalue weighted by Gasteiger charge is 2.31. The van der Waals surface area contributed by atoms with Gasteiger partial charge in [-0.05, 0) is 99.7 Å². The zero-order valence-corrected chi connectivity index (χ0v) is 26.9. The molecule has 1 aliphatic heterocycles. The number of nitrogens with two attached hydrogens (primary N) is 2. The topological polar surface area (TPSA) is 159 Å². The summed E-state index contributed by atoms with van der Waals surface area (Å²) in [6.07, 6.45) is 8.59. The molecule has 3 heterocycles. The number of aromatic nitrogens is 3. The number of rotatable bonds is 13. The molecule has 0 radical (unpaired) electrons. The standard InChI is InChI=1S/C34H43ClFN7O3/c1-21(37)5-2-6-22-17-27(31(36)28(35)18-22)29-19-24-20-43(34(45)41-32(24)40-29)26-11-9-23(10-12-26)30-8-3-7-25(13-16-46-33(38)39)42(30)14-4-15-44/h9-12,17-21,25,30,44H,2-8,13-16,37H2,1H3,(H3,38,39)(H,40,41,45)/t21-,25-,30-/m0/s1. The molecule has 1 aliphatic rings. The molecule has 2 aromatic heterocycles. The van der Waals surface area contributed by atoms with E-state index in [0.29, 0.717) is 41.0 Å². The fraction of sp³-hybridized carbons (Fsp3) is 0.441. The van der Waals surface area contributed by atoms with Crippen LogP contribution in [-0.2, 0) is 11.2 Å². The number of aromatic amines is 1. The third-order valence-electron chi connectivity index (χ3n) is 8.73. The molecule has 0 unspecified atom stereocenters. The Labute approximate surface area is 273 Å². The molecule has 0 saturated carbocycles. The normalized spacial score (nSPS) is 17.8. The number of aryl methyl sites for hydroxylation is 1. The van der Waals surface area contributed by atoms with Gasteiger partial charge < -0.3 is 26.3 Å². The maximum absolute atomic E-state index is 15.2. The lowest BCUT2D eigenvalue weighted by atomic mass is 9.89. The number of amidine groups is 1. The number of nitrogens with one attached hydrogen (secondary N) is 2. The highest BCUT2D eigenvalue weighted by Crippen LogP contribution is 2.36. The zero-order valence-electron chi connectivity index (χ0n) is 26.1. The average molecular weight is 652 g/mol. The van der Waals surface area contributed by atoms with Crippen LogP contribution in [0.15, 0.2) is 53.5 Å². The molecule has 46 heavy (non-hydrogen) atoms. The molecular weight excluding hydrogens is 609 g/mol. The van der Waals surface area contributed by atoms with Crippen molar-refractivity contribution in [3.63, 3.8) is 0 Å². The molecule has 5 rings (SSSR count). The van der Waals surface area contributed by atoms with E-state index in [1.807, 2.05) is 31.2 Å². The summed E-state index contributed by atoms with van der Waals surface area (Å²) in [6.45, 7) is 3.19. The van der Waals surface area contributed by atoms with Crippen LogP contribution in [0, 0.1) is 11.2 Å². The lowest BCUT2D eigenvalue weighted by Crippen LogP contribution is -2.43. The lowest BCUT2D eigenvalue weighted by molar-refractivity contribution is 0.0598. The summed E-state index contributed by atoms with van der Waals surface area (Å²) in [6, 6.07) is 13.3. The van der Waals surface area contributed by atoms with Gasteiger partial charge in [0, 0.05) is 48.4 Å². The number of hydrogen-bond donors (Lipinski definition) is 5. The van der Waals surface area contributed by atoms with Gasteiger partial charge in [0.2, 0.25) is 0 Å². The second-order valence-corrected chi connectivity index (χ2v) is 12.6. The number of H-pyrrole nitrogens is 1. The summed E-state index contributed by atoms with van der Waals surface area (Å²) in [7, 11) is 0. The number of benzene rings is 2. The average Bonchev–Trinajstić information content (AvgIpc) is 3.43. The van der Waals surface area contributed by atoms with Gasteiger partial charge in [-0.1, -0.05) is 23.7 Å². The maximum atomic E-state index is 15.2.